The summed E-state index contributed by atoms with van der Waals surface area (Å²) >= 11 is 0. The SMILES string of the molecule is CC12Oc3ccc(Oc4ccnc5c4CCC(=O)N5)cc3[C@H]1[C@@H]2NC(=O)Nc1c(F)cccc1F. The van der Waals surface area contributed by atoms with Crippen LogP contribution in [0.4, 0.5) is 25.1 Å². The third-order valence-electron chi connectivity index (χ3n) is 6.69. The molecule has 1 aliphatic carbocycles. The van der Waals surface area contributed by atoms with E-state index in [0.717, 1.165) is 23.3 Å². The molecule has 3 amide bonds. The summed E-state index contributed by atoms with van der Waals surface area (Å²) in [5.41, 5.74) is 0.516. The number of ether oxygens (including phenoxy) is 2. The summed E-state index contributed by atoms with van der Waals surface area (Å²) in [5, 5.41) is 7.75. The molecule has 3 N–H and O–H groups in total. The van der Waals surface area contributed by atoms with Crippen molar-refractivity contribution in [2.75, 3.05) is 10.6 Å². The van der Waals surface area contributed by atoms with E-state index in [2.05, 4.69) is 20.9 Å². The van der Waals surface area contributed by atoms with Gasteiger partial charge in [0.1, 0.15) is 46.0 Å². The first-order valence-electron chi connectivity index (χ1n) is 11.1. The smallest absolute Gasteiger partial charge is 0.319 e. The fraction of sp³-hybridized carbons (Fsp3) is 0.240. The van der Waals surface area contributed by atoms with Gasteiger partial charge >= 0.3 is 6.03 Å². The summed E-state index contributed by atoms with van der Waals surface area (Å²) in [7, 11) is 0. The lowest BCUT2D eigenvalue weighted by molar-refractivity contribution is -0.116. The Morgan fingerprint density at radius 2 is 2.00 bits per heavy atom. The number of hydrogen-bond acceptors (Lipinski definition) is 5. The summed E-state index contributed by atoms with van der Waals surface area (Å²) in [5.74, 6) is 0.422. The van der Waals surface area contributed by atoms with Gasteiger partial charge in [0.2, 0.25) is 5.91 Å². The highest BCUT2D eigenvalue weighted by molar-refractivity contribution is 5.93. The quantitative estimate of drug-likeness (QED) is 0.514. The van der Waals surface area contributed by atoms with Crippen molar-refractivity contribution in [3.63, 3.8) is 0 Å². The Morgan fingerprint density at radius 1 is 1.20 bits per heavy atom. The minimum absolute atomic E-state index is 0.0785. The van der Waals surface area contributed by atoms with Gasteiger partial charge in [-0.05, 0) is 49.7 Å². The Morgan fingerprint density at radius 3 is 2.80 bits per heavy atom. The molecular formula is C25H20F2N4O4. The lowest BCUT2D eigenvalue weighted by Gasteiger charge is -2.19. The number of nitrogens with zero attached hydrogens (tertiary/aromatic N) is 1. The number of carbonyl (C=O) groups excluding carboxylic acids is 2. The zero-order chi connectivity index (χ0) is 24.3. The van der Waals surface area contributed by atoms with Crippen molar-refractivity contribution in [1.82, 2.24) is 10.3 Å². The van der Waals surface area contributed by atoms with E-state index < -0.39 is 29.0 Å². The van der Waals surface area contributed by atoms with Crippen molar-refractivity contribution >= 4 is 23.4 Å². The zero-order valence-electron chi connectivity index (χ0n) is 18.5. The van der Waals surface area contributed by atoms with Crippen molar-refractivity contribution in [2.45, 2.75) is 37.3 Å². The predicted octanol–water partition coefficient (Wildman–Crippen LogP) is 4.48. The van der Waals surface area contributed by atoms with Crippen molar-refractivity contribution < 1.29 is 27.8 Å². The highest BCUT2D eigenvalue weighted by Gasteiger charge is 2.70. The van der Waals surface area contributed by atoms with Crippen LogP contribution in [0.25, 0.3) is 0 Å². The molecule has 2 aromatic carbocycles. The van der Waals surface area contributed by atoms with Crippen LogP contribution in [0, 0.1) is 11.6 Å². The maximum Gasteiger partial charge on any atom is 0.319 e. The molecule has 0 saturated heterocycles. The normalized spacial score (nSPS) is 23.2. The van der Waals surface area contributed by atoms with E-state index in [4.69, 9.17) is 9.47 Å². The molecule has 3 aliphatic rings. The van der Waals surface area contributed by atoms with E-state index in [1.165, 1.54) is 6.07 Å². The van der Waals surface area contributed by atoms with Gasteiger partial charge in [-0.25, -0.2) is 18.6 Å². The second kappa shape index (κ2) is 7.66. The van der Waals surface area contributed by atoms with Crippen LogP contribution in [0.2, 0.25) is 0 Å². The third-order valence-corrected chi connectivity index (χ3v) is 6.69. The average molecular weight is 478 g/mol. The molecule has 0 radical (unpaired) electrons. The number of halogens is 2. The van der Waals surface area contributed by atoms with Crippen molar-refractivity contribution in [3.05, 3.63) is 71.4 Å². The second-order valence-corrected chi connectivity index (χ2v) is 8.92. The molecule has 0 spiro atoms. The number of fused-ring (bicyclic) bond motifs is 4. The lowest BCUT2D eigenvalue weighted by atomic mass is 10.1. The predicted molar refractivity (Wildman–Crippen MR) is 122 cm³/mol. The van der Waals surface area contributed by atoms with Gasteiger partial charge in [0.15, 0.2) is 0 Å². The highest BCUT2D eigenvalue weighted by Crippen LogP contribution is 2.62. The van der Waals surface area contributed by atoms with Crippen LogP contribution >= 0.6 is 0 Å². The van der Waals surface area contributed by atoms with Gasteiger partial charge in [0.25, 0.3) is 0 Å². The second-order valence-electron chi connectivity index (χ2n) is 8.92. The van der Waals surface area contributed by atoms with Crippen LogP contribution < -0.4 is 25.4 Å². The number of urea groups is 1. The highest BCUT2D eigenvalue weighted by atomic mass is 19.1. The first-order valence-corrected chi connectivity index (χ1v) is 11.1. The average Bonchev–Trinajstić information content (AvgIpc) is 3.24. The number of benzene rings is 2. The Labute approximate surface area is 198 Å². The van der Waals surface area contributed by atoms with Crippen molar-refractivity contribution in [3.8, 4) is 17.2 Å². The fourth-order valence-electron chi connectivity index (χ4n) is 4.88. The van der Waals surface area contributed by atoms with Crippen LogP contribution in [-0.2, 0) is 11.2 Å². The number of carbonyl (C=O) groups is 2. The molecule has 10 heteroatoms. The molecule has 178 valence electrons. The standard InChI is InChI=1S/C25H20F2N4O4/c1-25-20(22(25)31-24(33)30-21-15(26)3-2-4-16(21)27)14-11-12(5-7-18(14)35-25)34-17-9-10-28-23-13(17)6-8-19(32)29-23/h2-5,7,9-11,20,22H,6,8H2,1H3,(H,28,29,32)(H2,30,31,33)/t20-,22-,25?/m0/s1. The van der Waals surface area contributed by atoms with E-state index in [-0.39, 0.29) is 17.9 Å². The molecule has 1 saturated carbocycles. The van der Waals surface area contributed by atoms with Gasteiger partial charge in [-0.2, -0.15) is 0 Å². The number of aromatic nitrogens is 1. The lowest BCUT2D eigenvalue weighted by Crippen LogP contribution is -2.37. The Bertz CT molecular complexity index is 1380. The van der Waals surface area contributed by atoms with E-state index in [9.17, 15) is 18.4 Å². The number of rotatable bonds is 4. The molecule has 1 fully saturated rings. The minimum Gasteiger partial charge on any atom is -0.484 e. The number of para-hydroxylation sites is 1. The van der Waals surface area contributed by atoms with Gasteiger partial charge in [0, 0.05) is 23.7 Å². The van der Waals surface area contributed by atoms with Crippen molar-refractivity contribution in [1.29, 1.82) is 0 Å². The minimum atomic E-state index is -0.858. The van der Waals surface area contributed by atoms with E-state index in [0.29, 0.717) is 35.9 Å². The first kappa shape index (κ1) is 21.3. The largest absolute Gasteiger partial charge is 0.484 e. The molecule has 6 rings (SSSR count). The molecule has 8 nitrogen and oxygen atoms in total. The van der Waals surface area contributed by atoms with Crippen LogP contribution in [-0.4, -0.2) is 28.6 Å². The molecule has 3 heterocycles. The van der Waals surface area contributed by atoms with Gasteiger partial charge in [-0.3, -0.25) is 4.79 Å². The molecule has 3 aromatic rings. The maximum atomic E-state index is 13.9. The summed E-state index contributed by atoms with van der Waals surface area (Å²) in [6.07, 6.45) is 2.47. The summed E-state index contributed by atoms with van der Waals surface area (Å²) < 4.78 is 40.0. The molecule has 1 aromatic heterocycles. The van der Waals surface area contributed by atoms with E-state index in [1.54, 1.807) is 18.3 Å². The third kappa shape index (κ3) is 3.52. The number of pyridine rings is 1. The topological polar surface area (TPSA) is 102 Å². The summed E-state index contributed by atoms with van der Waals surface area (Å²) in [4.78, 5) is 28.3. The van der Waals surface area contributed by atoms with Crippen molar-refractivity contribution in [2.24, 2.45) is 0 Å². The molecule has 3 atom stereocenters. The number of nitrogens with one attached hydrogen (secondary N) is 3. The number of anilines is 2. The Balaban J connectivity index is 1.19. The molecule has 2 aliphatic heterocycles. The van der Waals surface area contributed by atoms with Gasteiger partial charge in [-0.1, -0.05) is 6.07 Å². The maximum absolute atomic E-state index is 13.9. The number of hydrogen-bond donors (Lipinski definition) is 3. The van der Waals surface area contributed by atoms with Crippen LogP contribution in [0.1, 0.15) is 30.4 Å². The first-order chi connectivity index (χ1) is 16.8. The molecule has 35 heavy (non-hydrogen) atoms. The monoisotopic (exact) mass is 478 g/mol. The summed E-state index contributed by atoms with van der Waals surface area (Å²) in [6.45, 7) is 1.87. The molecule has 1 unspecified atom stereocenters. The summed E-state index contributed by atoms with van der Waals surface area (Å²) in [6, 6.07) is 9.46. The van der Waals surface area contributed by atoms with Gasteiger partial charge in [0.05, 0.1) is 12.0 Å². The van der Waals surface area contributed by atoms with Gasteiger partial charge < -0.3 is 25.4 Å². The molecular weight excluding hydrogens is 458 g/mol. The number of amides is 3. The van der Waals surface area contributed by atoms with E-state index >= 15 is 0 Å². The molecule has 0 bridgehead atoms. The fourth-order valence-corrected chi connectivity index (χ4v) is 4.88. The Hall–Kier alpha value is -4.21. The van der Waals surface area contributed by atoms with Crippen LogP contribution in [0.3, 0.4) is 0 Å². The van der Waals surface area contributed by atoms with Crippen LogP contribution in [0.5, 0.6) is 17.2 Å². The Kier molecular flexibility index (Phi) is 4.67. The van der Waals surface area contributed by atoms with Gasteiger partial charge in [-0.15, -0.1) is 0 Å². The van der Waals surface area contributed by atoms with E-state index in [1.807, 2.05) is 19.1 Å². The zero-order valence-corrected chi connectivity index (χ0v) is 18.5. The van der Waals surface area contributed by atoms with Crippen LogP contribution in [0.15, 0.2) is 48.7 Å².